The van der Waals surface area contributed by atoms with Crippen LogP contribution in [-0.4, -0.2) is 37.2 Å². The number of nitrogens with one attached hydrogen (secondary N) is 1. The van der Waals surface area contributed by atoms with E-state index in [9.17, 15) is 9.59 Å². The SMILES string of the molecule is COc1cc(OC)cc(C(=O)NC2CCC(C(=O)O)CC2)c1. The maximum atomic E-state index is 12.3. The zero-order valence-corrected chi connectivity index (χ0v) is 12.8. The number of aliphatic carboxylic acids is 1. The summed E-state index contributed by atoms with van der Waals surface area (Å²) in [7, 11) is 3.06. The second-order valence-electron chi connectivity index (χ2n) is 5.46. The molecule has 1 fully saturated rings. The van der Waals surface area contributed by atoms with E-state index in [0.717, 1.165) is 0 Å². The average molecular weight is 307 g/mol. The van der Waals surface area contributed by atoms with Crippen molar-refractivity contribution in [3.8, 4) is 11.5 Å². The van der Waals surface area contributed by atoms with E-state index in [1.54, 1.807) is 18.2 Å². The van der Waals surface area contributed by atoms with Gasteiger partial charge in [0, 0.05) is 17.7 Å². The molecule has 120 valence electrons. The molecule has 1 aromatic carbocycles. The molecule has 0 aromatic heterocycles. The van der Waals surface area contributed by atoms with Crippen molar-refractivity contribution in [1.29, 1.82) is 0 Å². The molecule has 1 aromatic rings. The van der Waals surface area contributed by atoms with Crippen LogP contribution in [0.3, 0.4) is 0 Å². The minimum Gasteiger partial charge on any atom is -0.497 e. The Hall–Kier alpha value is -2.24. The van der Waals surface area contributed by atoms with E-state index in [0.29, 0.717) is 42.7 Å². The number of carbonyl (C=O) groups is 2. The van der Waals surface area contributed by atoms with E-state index in [4.69, 9.17) is 14.6 Å². The maximum absolute atomic E-state index is 12.3. The Labute approximate surface area is 129 Å². The third-order valence-corrected chi connectivity index (χ3v) is 4.03. The van der Waals surface area contributed by atoms with Crippen LogP contribution < -0.4 is 14.8 Å². The van der Waals surface area contributed by atoms with E-state index in [1.807, 2.05) is 0 Å². The Balaban J connectivity index is 1.99. The number of rotatable bonds is 5. The molecule has 0 spiro atoms. The van der Waals surface area contributed by atoms with Gasteiger partial charge in [0.25, 0.3) is 5.91 Å². The van der Waals surface area contributed by atoms with Crippen molar-refractivity contribution in [2.45, 2.75) is 31.7 Å². The Morgan fingerprint density at radius 2 is 1.59 bits per heavy atom. The second kappa shape index (κ2) is 7.15. The van der Waals surface area contributed by atoms with Crippen molar-refractivity contribution in [3.63, 3.8) is 0 Å². The summed E-state index contributed by atoms with van der Waals surface area (Å²) in [5.41, 5.74) is 0.469. The van der Waals surface area contributed by atoms with Gasteiger partial charge in [0.15, 0.2) is 0 Å². The second-order valence-corrected chi connectivity index (χ2v) is 5.46. The van der Waals surface area contributed by atoms with Crippen molar-refractivity contribution < 1.29 is 24.2 Å². The highest BCUT2D eigenvalue weighted by molar-refractivity contribution is 5.95. The molecule has 1 amide bonds. The van der Waals surface area contributed by atoms with Gasteiger partial charge in [-0.15, -0.1) is 0 Å². The molecule has 2 N–H and O–H groups in total. The van der Waals surface area contributed by atoms with Crippen LogP contribution in [0.2, 0.25) is 0 Å². The summed E-state index contributed by atoms with van der Waals surface area (Å²) < 4.78 is 10.3. The first-order valence-electron chi connectivity index (χ1n) is 7.30. The van der Waals surface area contributed by atoms with Crippen LogP contribution in [0.25, 0.3) is 0 Å². The Kier molecular flexibility index (Phi) is 5.25. The predicted octanol–water partition coefficient (Wildman–Crippen LogP) is 2.08. The normalized spacial score (nSPS) is 21.0. The molecule has 22 heavy (non-hydrogen) atoms. The van der Waals surface area contributed by atoms with Crippen molar-refractivity contribution >= 4 is 11.9 Å². The van der Waals surface area contributed by atoms with Crippen LogP contribution in [0.1, 0.15) is 36.0 Å². The molecule has 2 rings (SSSR count). The lowest BCUT2D eigenvalue weighted by atomic mass is 9.86. The number of ether oxygens (including phenoxy) is 2. The summed E-state index contributed by atoms with van der Waals surface area (Å²) in [5, 5.41) is 11.9. The van der Waals surface area contributed by atoms with Crippen LogP contribution >= 0.6 is 0 Å². The summed E-state index contributed by atoms with van der Waals surface area (Å²) in [6.45, 7) is 0. The largest absolute Gasteiger partial charge is 0.497 e. The average Bonchev–Trinajstić information content (AvgIpc) is 2.54. The number of carboxylic acids is 1. The standard InChI is InChI=1S/C16H21NO5/c1-21-13-7-11(8-14(9-13)22-2)15(18)17-12-5-3-10(4-6-12)16(19)20/h7-10,12H,3-6H2,1-2H3,(H,17,18)(H,19,20). The smallest absolute Gasteiger partial charge is 0.306 e. The van der Waals surface area contributed by atoms with Crippen LogP contribution in [0.4, 0.5) is 0 Å². The van der Waals surface area contributed by atoms with Crippen molar-refractivity contribution in [3.05, 3.63) is 23.8 Å². The molecule has 0 saturated heterocycles. The molecule has 1 aliphatic rings. The van der Waals surface area contributed by atoms with Crippen molar-refractivity contribution in [2.24, 2.45) is 5.92 Å². The molecule has 1 saturated carbocycles. The Bertz CT molecular complexity index is 527. The Morgan fingerprint density at radius 1 is 1.05 bits per heavy atom. The lowest BCUT2D eigenvalue weighted by molar-refractivity contribution is -0.142. The van der Waals surface area contributed by atoms with Gasteiger partial charge in [-0.3, -0.25) is 9.59 Å². The maximum Gasteiger partial charge on any atom is 0.306 e. The minimum absolute atomic E-state index is 0.0142. The molecule has 6 heteroatoms. The highest BCUT2D eigenvalue weighted by atomic mass is 16.5. The molecule has 6 nitrogen and oxygen atoms in total. The fraction of sp³-hybridized carbons (Fsp3) is 0.500. The first-order valence-corrected chi connectivity index (χ1v) is 7.30. The van der Waals surface area contributed by atoms with E-state index in [1.165, 1.54) is 14.2 Å². The lowest BCUT2D eigenvalue weighted by Crippen LogP contribution is -2.38. The highest BCUT2D eigenvalue weighted by Crippen LogP contribution is 2.26. The van der Waals surface area contributed by atoms with E-state index >= 15 is 0 Å². The number of hydrogen-bond acceptors (Lipinski definition) is 4. The zero-order chi connectivity index (χ0) is 16.1. The fourth-order valence-electron chi connectivity index (χ4n) is 2.69. The van der Waals surface area contributed by atoms with Gasteiger partial charge in [-0.25, -0.2) is 0 Å². The quantitative estimate of drug-likeness (QED) is 0.870. The van der Waals surface area contributed by atoms with Gasteiger partial charge in [0.05, 0.1) is 20.1 Å². The minimum atomic E-state index is -0.748. The van der Waals surface area contributed by atoms with Gasteiger partial charge in [-0.2, -0.15) is 0 Å². The number of carboxylic acid groups (broad SMARTS) is 1. The first kappa shape index (κ1) is 16.1. The summed E-state index contributed by atoms with van der Waals surface area (Å²) in [5.74, 6) is -0.124. The summed E-state index contributed by atoms with van der Waals surface area (Å²) in [6.07, 6.45) is 2.57. The highest BCUT2D eigenvalue weighted by Gasteiger charge is 2.27. The van der Waals surface area contributed by atoms with Gasteiger partial charge in [-0.05, 0) is 37.8 Å². The topological polar surface area (TPSA) is 84.9 Å². The zero-order valence-electron chi connectivity index (χ0n) is 12.8. The summed E-state index contributed by atoms with van der Waals surface area (Å²) >= 11 is 0. The molecule has 0 radical (unpaired) electrons. The van der Waals surface area contributed by atoms with E-state index in [-0.39, 0.29) is 17.9 Å². The van der Waals surface area contributed by atoms with Crippen molar-refractivity contribution in [1.82, 2.24) is 5.32 Å². The molecule has 0 heterocycles. The fourth-order valence-corrected chi connectivity index (χ4v) is 2.69. The van der Waals surface area contributed by atoms with Crippen LogP contribution in [-0.2, 0) is 4.79 Å². The third-order valence-electron chi connectivity index (χ3n) is 4.03. The van der Waals surface area contributed by atoms with Gasteiger partial charge < -0.3 is 19.9 Å². The lowest BCUT2D eigenvalue weighted by Gasteiger charge is -2.26. The van der Waals surface area contributed by atoms with Gasteiger partial charge in [0.2, 0.25) is 0 Å². The van der Waals surface area contributed by atoms with E-state index in [2.05, 4.69) is 5.32 Å². The van der Waals surface area contributed by atoms with Crippen LogP contribution in [0.5, 0.6) is 11.5 Å². The molecule has 1 aliphatic carbocycles. The number of methoxy groups -OCH3 is 2. The number of hydrogen-bond donors (Lipinski definition) is 2. The predicted molar refractivity (Wildman–Crippen MR) is 80.4 cm³/mol. The van der Waals surface area contributed by atoms with Gasteiger partial charge in [0.1, 0.15) is 11.5 Å². The molecular weight excluding hydrogens is 286 g/mol. The Morgan fingerprint density at radius 3 is 2.05 bits per heavy atom. The monoisotopic (exact) mass is 307 g/mol. The summed E-state index contributed by atoms with van der Waals surface area (Å²) in [6, 6.07) is 5.02. The van der Waals surface area contributed by atoms with Gasteiger partial charge in [-0.1, -0.05) is 0 Å². The molecule has 0 atom stereocenters. The number of amides is 1. The van der Waals surface area contributed by atoms with Gasteiger partial charge >= 0.3 is 5.97 Å². The van der Waals surface area contributed by atoms with Crippen LogP contribution in [0.15, 0.2) is 18.2 Å². The molecule has 0 aliphatic heterocycles. The number of benzene rings is 1. The third kappa shape index (κ3) is 3.90. The van der Waals surface area contributed by atoms with Crippen molar-refractivity contribution in [2.75, 3.05) is 14.2 Å². The molecule has 0 unspecified atom stereocenters. The van der Waals surface area contributed by atoms with Crippen LogP contribution in [0, 0.1) is 5.92 Å². The molecular formula is C16H21NO5. The molecule has 0 bridgehead atoms. The van der Waals surface area contributed by atoms with E-state index < -0.39 is 5.97 Å². The summed E-state index contributed by atoms with van der Waals surface area (Å²) in [4.78, 5) is 23.3. The first-order chi connectivity index (χ1) is 10.5. The number of carbonyl (C=O) groups excluding carboxylic acids is 1.